The van der Waals surface area contributed by atoms with Crippen molar-refractivity contribution >= 4 is 15.1 Å². The number of nitrogens with two attached hydrogens (primary N) is 1. The summed E-state index contributed by atoms with van der Waals surface area (Å²) in [5, 5.41) is -1.25. The number of hydrogen-bond donors (Lipinski definition) is 1. The van der Waals surface area contributed by atoms with Gasteiger partial charge in [0.25, 0.3) is 0 Å². The zero-order valence-corrected chi connectivity index (χ0v) is 5.23. The van der Waals surface area contributed by atoms with Crippen LogP contribution in [-0.2, 0) is 9.84 Å². The fourth-order valence-corrected chi connectivity index (χ4v) is 0.427. The summed E-state index contributed by atoms with van der Waals surface area (Å²) >= 11 is 0. The SMILES string of the molecule is CCS(=O)(=O)C(N)=O. The Kier molecular flexibility index (Phi) is 1.97. The van der Waals surface area contributed by atoms with Gasteiger partial charge in [-0.3, -0.25) is 4.79 Å². The summed E-state index contributed by atoms with van der Waals surface area (Å²) in [6.45, 7) is 1.36. The quantitative estimate of drug-likeness (QED) is 0.529. The van der Waals surface area contributed by atoms with Crippen molar-refractivity contribution in [1.29, 1.82) is 0 Å². The molecule has 0 rings (SSSR count). The maximum absolute atomic E-state index is 10.2. The number of sulfone groups is 1. The molecule has 0 radical (unpaired) electrons. The van der Waals surface area contributed by atoms with Gasteiger partial charge in [0.1, 0.15) is 0 Å². The number of carbonyl (C=O) groups excluding carboxylic acids is 1. The zero-order chi connectivity index (χ0) is 6.78. The third kappa shape index (κ3) is 1.49. The first-order chi connectivity index (χ1) is 3.50. The third-order valence-corrected chi connectivity index (χ3v) is 2.06. The van der Waals surface area contributed by atoms with Gasteiger partial charge in [-0.05, 0) is 0 Å². The van der Waals surface area contributed by atoms with E-state index in [4.69, 9.17) is 0 Å². The highest BCUT2D eigenvalue weighted by atomic mass is 32.2. The number of primary amides is 1. The van der Waals surface area contributed by atoms with Gasteiger partial charge in [0.15, 0.2) is 0 Å². The second kappa shape index (κ2) is 2.13. The molecule has 0 aliphatic rings. The second-order valence-electron chi connectivity index (χ2n) is 1.22. The zero-order valence-electron chi connectivity index (χ0n) is 4.42. The van der Waals surface area contributed by atoms with Crippen LogP contribution in [0.4, 0.5) is 4.79 Å². The number of amides is 1. The van der Waals surface area contributed by atoms with E-state index >= 15 is 0 Å². The molecule has 5 heteroatoms. The van der Waals surface area contributed by atoms with Gasteiger partial charge in [-0.1, -0.05) is 6.92 Å². The Bertz CT molecular complexity index is 181. The predicted octanol–water partition coefficient (Wildman–Crippen LogP) is -0.500. The topological polar surface area (TPSA) is 77.2 Å². The molecule has 0 bridgehead atoms. The number of rotatable bonds is 1. The van der Waals surface area contributed by atoms with Crippen LogP contribution in [0.15, 0.2) is 0 Å². The van der Waals surface area contributed by atoms with E-state index in [-0.39, 0.29) is 5.75 Å². The Morgan fingerprint density at radius 1 is 1.62 bits per heavy atom. The lowest BCUT2D eigenvalue weighted by atomic mass is 11.0. The van der Waals surface area contributed by atoms with Crippen LogP contribution in [0.1, 0.15) is 6.92 Å². The molecule has 8 heavy (non-hydrogen) atoms. The Morgan fingerprint density at radius 3 is 2.00 bits per heavy atom. The molecule has 0 aliphatic carbocycles. The van der Waals surface area contributed by atoms with Gasteiger partial charge < -0.3 is 5.73 Å². The normalized spacial score (nSPS) is 11.1. The molecule has 0 heterocycles. The Labute approximate surface area is 47.6 Å². The summed E-state index contributed by atoms with van der Waals surface area (Å²) in [5.74, 6) is -0.220. The van der Waals surface area contributed by atoms with Crippen molar-refractivity contribution in [1.82, 2.24) is 0 Å². The van der Waals surface area contributed by atoms with Crippen LogP contribution in [0.5, 0.6) is 0 Å². The van der Waals surface area contributed by atoms with Crippen LogP contribution in [0.3, 0.4) is 0 Å². The molecular formula is C3H7NO3S. The summed E-state index contributed by atoms with van der Waals surface area (Å²) < 4.78 is 20.4. The van der Waals surface area contributed by atoms with Gasteiger partial charge >= 0.3 is 5.24 Å². The molecule has 1 amide bonds. The van der Waals surface area contributed by atoms with Crippen molar-refractivity contribution < 1.29 is 13.2 Å². The highest BCUT2D eigenvalue weighted by Gasteiger charge is 2.13. The average molecular weight is 137 g/mol. The molecule has 2 N–H and O–H groups in total. The van der Waals surface area contributed by atoms with Crippen molar-refractivity contribution in [2.45, 2.75) is 6.92 Å². The molecule has 0 aromatic carbocycles. The Balaban J connectivity index is 4.42. The molecule has 0 saturated carbocycles. The average Bonchev–Trinajstić information content (AvgIpc) is 1.67. The lowest BCUT2D eigenvalue weighted by Gasteiger charge is -1.88. The number of carbonyl (C=O) groups is 1. The summed E-state index contributed by atoms with van der Waals surface area (Å²) in [7, 11) is -3.60. The Morgan fingerprint density at radius 2 is 2.00 bits per heavy atom. The first-order valence-electron chi connectivity index (χ1n) is 2.03. The molecule has 4 nitrogen and oxygen atoms in total. The molecule has 0 aliphatic heterocycles. The smallest absolute Gasteiger partial charge is 0.333 e. The molecule has 0 aromatic heterocycles. The monoisotopic (exact) mass is 137 g/mol. The molecule has 0 aromatic rings. The summed E-state index contributed by atoms with van der Waals surface area (Å²) in [6, 6.07) is 0. The van der Waals surface area contributed by atoms with Crippen LogP contribution in [0.2, 0.25) is 0 Å². The lowest BCUT2D eigenvalue weighted by Crippen LogP contribution is -2.22. The van der Waals surface area contributed by atoms with Gasteiger partial charge in [-0.2, -0.15) is 0 Å². The summed E-state index contributed by atoms with van der Waals surface area (Å²) in [5.41, 5.74) is 4.45. The fraction of sp³-hybridized carbons (Fsp3) is 0.667. The molecule has 0 unspecified atom stereocenters. The minimum absolute atomic E-state index is 0.220. The van der Waals surface area contributed by atoms with Crippen molar-refractivity contribution in [2.24, 2.45) is 5.73 Å². The van der Waals surface area contributed by atoms with Crippen LogP contribution >= 0.6 is 0 Å². The first-order valence-corrected chi connectivity index (χ1v) is 3.68. The van der Waals surface area contributed by atoms with Crippen molar-refractivity contribution in [3.8, 4) is 0 Å². The standard InChI is InChI=1S/C3H7NO3S/c1-2-8(6,7)3(4)5/h2H2,1H3,(H2,4,5). The van der Waals surface area contributed by atoms with E-state index in [1.807, 2.05) is 0 Å². The van der Waals surface area contributed by atoms with Crippen LogP contribution in [-0.4, -0.2) is 19.4 Å². The van der Waals surface area contributed by atoms with Gasteiger partial charge in [0.05, 0.1) is 5.75 Å². The molecule has 0 spiro atoms. The van der Waals surface area contributed by atoms with Crippen LogP contribution in [0, 0.1) is 0 Å². The Hall–Kier alpha value is -0.580. The van der Waals surface area contributed by atoms with Crippen molar-refractivity contribution in [2.75, 3.05) is 5.75 Å². The van der Waals surface area contributed by atoms with Gasteiger partial charge in [-0.15, -0.1) is 0 Å². The van der Waals surface area contributed by atoms with E-state index < -0.39 is 15.1 Å². The minimum Gasteiger partial charge on any atom is -0.356 e. The van der Waals surface area contributed by atoms with Crippen LogP contribution < -0.4 is 5.73 Å². The molecule has 0 fully saturated rings. The van der Waals surface area contributed by atoms with Gasteiger partial charge in [0, 0.05) is 0 Å². The minimum atomic E-state index is -3.60. The number of hydrogen-bond acceptors (Lipinski definition) is 3. The summed E-state index contributed by atoms with van der Waals surface area (Å²) in [4.78, 5) is 9.89. The van der Waals surface area contributed by atoms with Crippen LogP contribution in [0.25, 0.3) is 0 Å². The van der Waals surface area contributed by atoms with Crippen molar-refractivity contribution in [3.05, 3.63) is 0 Å². The fourth-order valence-electron chi connectivity index (χ4n) is 0.142. The molecule has 48 valence electrons. The van der Waals surface area contributed by atoms with E-state index in [1.165, 1.54) is 6.92 Å². The van der Waals surface area contributed by atoms with Crippen molar-refractivity contribution in [3.63, 3.8) is 0 Å². The molecular weight excluding hydrogens is 130 g/mol. The van der Waals surface area contributed by atoms with E-state index in [0.717, 1.165) is 0 Å². The second-order valence-corrected chi connectivity index (χ2v) is 3.43. The predicted molar refractivity (Wildman–Crippen MR) is 29.0 cm³/mol. The highest BCUT2D eigenvalue weighted by molar-refractivity contribution is 8.05. The molecule has 0 atom stereocenters. The van der Waals surface area contributed by atoms with E-state index in [0.29, 0.717) is 0 Å². The largest absolute Gasteiger partial charge is 0.356 e. The van der Waals surface area contributed by atoms with Gasteiger partial charge in [-0.25, -0.2) is 8.42 Å². The first kappa shape index (κ1) is 7.42. The lowest BCUT2D eigenvalue weighted by molar-refractivity contribution is 0.265. The van der Waals surface area contributed by atoms with Gasteiger partial charge in [0.2, 0.25) is 9.84 Å². The molecule has 0 saturated heterocycles. The maximum atomic E-state index is 10.2. The van der Waals surface area contributed by atoms with E-state index in [9.17, 15) is 13.2 Å². The summed E-state index contributed by atoms with van der Waals surface area (Å²) in [6.07, 6.45) is 0. The third-order valence-electron chi connectivity index (χ3n) is 0.687. The maximum Gasteiger partial charge on any atom is 0.333 e. The van der Waals surface area contributed by atoms with E-state index in [1.54, 1.807) is 0 Å². The van der Waals surface area contributed by atoms with E-state index in [2.05, 4.69) is 5.73 Å². The highest BCUT2D eigenvalue weighted by Crippen LogP contribution is 1.85.